The highest BCUT2D eigenvalue weighted by Crippen LogP contribution is 2.40. The predicted molar refractivity (Wildman–Crippen MR) is 177 cm³/mol. The van der Waals surface area contributed by atoms with E-state index in [0.29, 0.717) is 17.5 Å². The number of rotatable bonds is 10. The van der Waals surface area contributed by atoms with Gasteiger partial charge in [0.1, 0.15) is 0 Å². The lowest BCUT2D eigenvalue weighted by Gasteiger charge is -2.33. The van der Waals surface area contributed by atoms with Gasteiger partial charge in [-0.05, 0) is 42.0 Å². The molecule has 0 spiro atoms. The van der Waals surface area contributed by atoms with E-state index in [1.807, 2.05) is 55.5 Å². The summed E-state index contributed by atoms with van der Waals surface area (Å²) < 4.78 is 0. The number of hydrogen-bond acceptors (Lipinski definition) is 3. The Kier molecular flexibility index (Phi) is 8.99. The normalized spacial score (nSPS) is 12.0. The Morgan fingerprint density at radius 3 is 1.55 bits per heavy atom. The van der Waals surface area contributed by atoms with Crippen molar-refractivity contribution < 1.29 is 0 Å². The van der Waals surface area contributed by atoms with E-state index in [9.17, 15) is 0 Å². The fourth-order valence-electron chi connectivity index (χ4n) is 5.61. The molecule has 0 saturated heterocycles. The molecule has 0 N–H and O–H groups in total. The SMILES string of the molecule is C=C/C=C\C(=C/C)c1nc(-c2ccccc2)nc(-c2ccc(C(CC)(CC)c3ccc(-c4ccccc4)cc3)cc2)n1. The third-order valence-corrected chi connectivity index (χ3v) is 8.10. The molecule has 5 rings (SSSR count). The maximum Gasteiger partial charge on any atom is 0.164 e. The number of allylic oxidation sites excluding steroid dienone is 5. The van der Waals surface area contributed by atoms with Crippen molar-refractivity contribution in [1.29, 1.82) is 0 Å². The molecule has 0 unspecified atom stereocenters. The lowest BCUT2D eigenvalue weighted by atomic mass is 9.70. The van der Waals surface area contributed by atoms with Gasteiger partial charge in [-0.1, -0.05) is 154 Å². The first-order valence-corrected chi connectivity index (χ1v) is 14.7. The van der Waals surface area contributed by atoms with Crippen molar-refractivity contribution in [1.82, 2.24) is 15.0 Å². The van der Waals surface area contributed by atoms with Crippen molar-refractivity contribution in [3.8, 4) is 33.9 Å². The fourth-order valence-corrected chi connectivity index (χ4v) is 5.61. The third kappa shape index (κ3) is 5.91. The van der Waals surface area contributed by atoms with Gasteiger partial charge in [-0.15, -0.1) is 0 Å². The molecule has 208 valence electrons. The molecule has 0 fully saturated rings. The minimum Gasteiger partial charge on any atom is -0.208 e. The smallest absolute Gasteiger partial charge is 0.164 e. The Morgan fingerprint density at radius 1 is 0.619 bits per heavy atom. The van der Waals surface area contributed by atoms with Crippen LogP contribution in [0.2, 0.25) is 0 Å². The van der Waals surface area contributed by atoms with Crippen molar-refractivity contribution in [3.63, 3.8) is 0 Å². The van der Waals surface area contributed by atoms with Crippen LogP contribution in [0.3, 0.4) is 0 Å². The molecule has 0 amide bonds. The van der Waals surface area contributed by atoms with Gasteiger partial charge in [-0.25, -0.2) is 15.0 Å². The van der Waals surface area contributed by atoms with Crippen LogP contribution in [0.4, 0.5) is 0 Å². The van der Waals surface area contributed by atoms with Crippen molar-refractivity contribution in [2.75, 3.05) is 0 Å². The first-order valence-electron chi connectivity index (χ1n) is 14.7. The van der Waals surface area contributed by atoms with E-state index in [2.05, 4.69) is 99.3 Å². The van der Waals surface area contributed by atoms with Crippen LogP contribution in [-0.4, -0.2) is 15.0 Å². The van der Waals surface area contributed by atoms with E-state index in [-0.39, 0.29) is 5.41 Å². The lowest BCUT2D eigenvalue weighted by Crippen LogP contribution is -2.26. The van der Waals surface area contributed by atoms with Crippen LogP contribution in [-0.2, 0) is 5.41 Å². The van der Waals surface area contributed by atoms with Gasteiger partial charge in [0.15, 0.2) is 17.5 Å². The maximum absolute atomic E-state index is 4.91. The summed E-state index contributed by atoms with van der Waals surface area (Å²) in [6.45, 7) is 10.4. The molecular formula is C39H37N3. The van der Waals surface area contributed by atoms with Crippen LogP contribution < -0.4 is 0 Å². The Hall–Kier alpha value is -4.89. The van der Waals surface area contributed by atoms with Gasteiger partial charge in [-0.3, -0.25) is 0 Å². The molecule has 0 saturated carbocycles. The molecule has 0 atom stereocenters. The van der Waals surface area contributed by atoms with E-state index in [1.165, 1.54) is 22.3 Å². The van der Waals surface area contributed by atoms with E-state index < -0.39 is 0 Å². The zero-order chi connectivity index (χ0) is 29.4. The van der Waals surface area contributed by atoms with E-state index in [0.717, 1.165) is 29.5 Å². The molecule has 1 aromatic heterocycles. The summed E-state index contributed by atoms with van der Waals surface area (Å²) in [5.41, 5.74) is 7.85. The van der Waals surface area contributed by atoms with E-state index >= 15 is 0 Å². The highest BCUT2D eigenvalue weighted by Gasteiger charge is 2.30. The number of aromatic nitrogens is 3. The Labute approximate surface area is 250 Å². The molecule has 0 radical (unpaired) electrons. The lowest BCUT2D eigenvalue weighted by molar-refractivity contribution is 0.478. The monoisotopic (exact) mass is 547 g/mol. The third-order valence-electron chi connectivity index (χ3n) is 8.10. The fraction of sp³-hybridized carbons (Fsp3) is 0.154. The summed E-state index contributed by atoms with van der Waals surface area (Å²) >= 11 is 0. The Morgan fingerprint density at radius 2 is 1.07 bits per heavy atom. The van der Waals surface area contributed by atoms with E-state index in [1.54, 1.807) is 6.08 Å². The summed E-state index contributed by atoms with van der Waals surface area (Å²) in [4.78, 5) is 14.6. The molecule has 0 aliphatic heterocycles. The minimum absolute atomic E-state index is 0.0825. The van der Waals surface area contributed by atoms with Crippen LogP contribution in [0, 0.1) is 0 Å². The van der Waals surface area contributed by atoms with Crippen molar-refractivity contribution in [3.05, 3.63) is 157 Å². The van der Waals surface area contributed by atoms with E-state index in [4.69, 9.17) is 15.0 Å². The zero-order valence-corrected chi connectivity index (χ0v) is 24.7. The quantitative estimate of drug-likeness (QED) is 0.163. The Balaban J connectivity index is 1.53. The van der Waals surface area contributed by atoms with Crippen molar-refractivity contribution in [2.45, 2.75) is 39.0 Å². The molecule has 3 nitrogen and oxygen atoms in total. The first-order chi connectivity index (χ1) is 20.6. The highest BCUT2D eigenvalue weighted by atomic mass is 15.0. The second kappa shape index (κ2) is 13.2. The summed E-state index contributed by atoms with van der Waals surface area (Å²) in [5, 5.41) is 0. The van der Waals surface area contributed by atoms with Crippen LogP contribution in [0.1, 0.15) is 50.6 Å². The molecule has 1 heterocycles. The molecule has 0 bridgehead atoms. The van der Waals surface area contributed by atoms with Crippen LogP contribution in [0.5, 0.6) is 0 Å². The molecule has 0 aliphatic carbocycles. The summed E-state index contributed by atoms with van der Waals surface area (Å²) in [5.74, 6) is 1.95. The predicted octanol–water partition coefficient (Wildman–Crippen LogP) is 10.1. The second-order valence-corrected chi connectivity index (χ2v) is 10.3. The Bertz CT molecular complexity index is 1680. The largest absolute Gasteiger partial charge is 0.208 e. The average Bonchev–Trinajstić information content (AvgIpc) is 3.07. The molecule has 3 heteroatoms. The number of nitrogens with zero attached hydrogens (tertiary/aromatic N) is 3. The van der Waals surface area contributed by atoms with Crippen molar-refractivity contribution >= 4 is 5.57 Å². The van der Waals surface area contributed by atoms with Crippen molar-refractivity contribution in [2.24, 2.45) is 0 Å². The molecular weight excluding hydrogens is 510 g/mol. The summed E-state index contributed by atoms with van der Waals surface area (Å²) in [7, 11) is 0. The minimum atomic E-state index is -0.0825. The van der Waals surface area contributed by atoms with Crippen LogP contribution in [0.15, 0.2) is 140 Å². The van der Waals surface area contributed by atoms with Gasteiger partial charge in [0.05, 0.1) is 0 Å². The summed E-state index contributed by atoms with van der Waals surface area (Å²) in [6, 6.07) is 38.5. The molecule has 42 heavy (non-hydrogen) atoms. The van der Waals surface area contributed by atoms with Crippen LogP contribution >= 0.6 is 0 Å². The van der Waals surface area contributed by atoms with Gasteiger partial charge in [0.25, 0.3) is 0 Å². The topological polar surface area (TPSA) is 38.7 Å². The zero-order valence-electron chi connectivity index (χ0n) is 24.7. The summed E-state index contributed by atoms with van der Waals surface area (Å²) in [6.07, 6.45) is 9.65. The van der Waals surface area contributed by atoms with Crippen LogP contribution in [0.25, 0.3) is 39.5 Å². The second-order valence-electron chi connectivity index (χ2n) is 10.3. The maximum atomic E-state index is 4.91. The highest BCUT2D eigenvalue weighted by molar-refractivity contribution is 5.73. The van der Waals surface area contributed by atoms with Gasteiger partial charge in [0.2, 0.25) is 0 Å². The van der Waals surface area contributed by atoms with Gasteiger partial charge < -0.3 is 0 Å². The average molecular weight is 548 g/mol. The molecule has 5 aromatic rings. The van der Waals surface area contributed by atoms with Gasteiger partial charge >= 0.3 is 0 Å². The first kappa shape index (κ1) is 28.6. The molecule has 0 aliphatic rings. The number of benzene rings is 4. The van der Waals surface area contributed by atoms with Gasteiger partial charge in [-0.2, -0.15) is 0 Å². The number of hydrogen-bond donors (Lipinski definition) is 0. The standard InChI is InChI=1S/C39H37N3/c1-5-9-16-29(6-2)36-40-37(32-19-14-11-15-20-32)42-38(41-36)33-23-27-35(28-24-33)39(7-3,8-4)34-25-21-31(22-26-34)30-17-12-10-13-18-30/h5-6,9-28H,1,7-8H2,2-4H3/b16-9-,29-6+. The molecule has 4 aromatic carbocycles. The van der Waals surface area contributed by atoms with Gasteiger partial charge in [0, 0.05) is 22.1 Å².